The molecular weight excluding hydrogens is 584 g/mol. The van der Waals surface area contributed by atoms with E-state index in [1.165, 1.54) is 35.6 Å². The molecule has 0 unspecified atom stereocenters. The highest BCUT2D eigenvalue weighted by Crippen LogP contribution is 2.45. The van der Waals surface area contributed by atoms with Crippen molar-refractivity contribution in [3.63, 3.8) is 0 Å². The number of hydrogen-bond donors (Lipinski definition) is 0. The van der Waals surface area contributed by atoms with Gasteiger partial charge in [0.1, 0.15) is 5.69 Å². The van der Waals surface area contributed by atoms with Crippen molar-refractivity contribution in [3.05, 3.63) is 74.8 Å². The summed E-state index contributed by atoms with van der Waals surface area (Å²) in [4.78, 5) is 1.25. The Morgan fingerprint density at radius 2 is 1.61 bits per heavy atom. The van der Waals surface area contributed by atoms with E-state index in [0.29, 0.717) is 15.3 Å². The van der Waals surface area contributed by atoms with Crippen LogP contribution < -0.4 is 0 Å². The van der Waals surface area contributed by atoms with Gasteiger partial charge in [0.05, 0.1) is 30.0 Å². The maximum absolute atomic E-state index is 13.7. The fourth-order valence-electron chi connectivity index (χ4n) is 3.15. The minimum absolute atomic E-state index is 0.112. The molecule has 172 valence electrons. The average molecular weight is 596 g/mol. The number of nitrogens with zero attached hydrogens (tertiary/aromatic N) is 2. The lowest BCUT2D eigenvalue weighted by atomic mass is 10.2. The maximum Gasteiger partial charge on any atom is 0.436 e. The summed E-state index contributed by atoms with van der Waals surface area (Å²) in [7, 11) is -3.42. The van der Waals surface area contributed by atoms with Crippen molar-refractivity contribution in [2.75, 3.05) is 6.26 Å². The van der Waals surface area contributed by atoms with E-state index in [1.54, 1.807) is 30.3 Å². The van der Waals surface area contributed by atoms with Gasteiger partial charge in [0.2, 0.25) is 0 Å². The Labute approximate surface area is 209 Å². The van der Waals surface area contributed by atoms with Crippen LogP contribution in [0.5, 0.6) is 0 Å². The van der Waals surface area contributed by atoms with Gasteiger partial charge < -0.3 is 0 Å². The van der Waals surface area contributed by atoms with Crippen LogP contribution in [-0.2, 0) is 16.0 Å². The van der Waals surface area contributed by atoms with Gasteiger partial charge in [0.25, 0.3) is 0 Å². The van der Waals surface area contributed by atoms with Crippen molar-refractivity contribution in [2.45, 2.75) is 11.1 Å². The van der Waals surface area contributed by atoms with Gasteiger partial charge >= 0.3 is 6.18 Å². The molecule has 0 fully saturated rings. The lowest BCUT2D eigenvalue weighted by Gasteiger charge is -2.10. The zero-order valence-corrected chi connectivity index (χ0v) is 21.2. The van der Waals surface area contributed by atoms with Gasteiger partial charge in [-0.05, 0) is 57.9 Å². The van der Waals surface area contributed by atoms with E-state index in [1.807, 2.05) is 0 Å². The largest absolute Gasteiger partial charge is 0.436 e. The second-order valence-corrected chi connectivity index (χ2v) is 11.7. The molecule has 4 nitrogen and oxygen atoms in total. The van der Waals surface area contributed by atoms with Gasteiger partial charge in [-0.2, -0.15) is 18.3 Å². The number of aromatic nitrogens is 2. The van der Waals surface area contributed by atoms with Gasteiger partial charge in [0, 0.05) is 11.1 Å². The van der Waals surface area contributed by atoms with Gasteiger partial charge in [-0.1, -0.05) is 41.4 Å². The van der Waals surface area contributed by atoms with Crippen LogP contribution in [0.15, 0.2) is 64.0 Å². The molecule has 0 saturated heterocycles. The molecule has 4 rings (SSSR count). The number of hydrogen-bond acceptors (Lipinski definition) is 4. The first-order chi connectivity index (χ1) is 15.4. The molecule has 0 amide bonds. The Bertz CT molecular complexity index is 1460. The van der Waals surface area contributed by atoms with Gasteiger partial charge in [-0.25, -0.2) is 13.1 Å². The number of thiophene rings is 1. The molecule has 0 aliphatic rings. The highest BCUT2D eigenvalue weighted by Gasteiger charge is 2.39. The van der Waals surface area contributed by atoms with E-state index in [2.05, 4.69) is 21.0 Å². The third-order valence-corrected chi connectivity index (χ3v) is 8.24. The third kappa shape index (κ3) is 4.72. The monoisotopic (exact) mass is 594 g/mol. The van der Waals surface area contributed by atoms with Crippen LogP contribution in [0.4, 0.5) is 13.2 Å². The maximum atomic E-state index is 13.7. The molecule has 2 heterocycles. The number of alkyl halides is 3. The number of rotatable bonds is 4. The van der Waals surface area contributed by atoms with Crippen molar-refractivity contribution in [3.8, 4) is 26.7 Å². The minimum atomic E-state index is -4.73. The summed E-state index contributed by atoms with van der Waals surface area (Å²) in [6.45, 7) is 0. The van der Waals surface area contributed by atoms with Crippen molar-refractivity contribution < 1.29 is 21.6 Å². The lowest BCUT2D eigenvalue weighted by Crippen LogP contribution is -2.08. The molecular formula is C21H12BrCl2F3N2O2S2. The van der Waals surface area contributed by atoms with Crippen LogP contribution in [-0.4, -0.2) is 24.5 Å². The first kappa shape index (κ1) is 24.3. The Balaban J connectivity index is 1.93. The Morgan fingerprint density at radius 1 is 1.00 bits per heavy atom. The van der Waals surface area contributed by atoms with Crippen LogP contribution in [0.25, 0.3) is 26.7 Å². The first-order valence-electron chi connectivity index (χ1n) is 9.08. The Kier molecular flexibility index (Phi) is 6.43. The van der Waals surface area contributed by atoms with Crippen LogP contribution >= 0.6 is 50.5 Å². The Hall–Kier alpha value is -1.85. The first-order valence-corrected chi connectivity index (χ1v) is 13.3. The molecule has 12 heteroatoms. The average Bonchev–Trinajstić information content (AvgIpc) is 3.32. The molecule has 0 N–H and O–H groups in total. The normalized spacial score (nSPS) is 12.3. The van der Waals surface area contributed by atoms with Gasteiger partial charge in [-0.15, -0.1) is 11.3 Å². The van der Waals surface area contributed by atoms with E-state index in [4.69, 9.17) is 23.2 Å². The number of benzene rings is 2. The second kappa shape index (κ2) is 8.74. The molecule has 4 aromatic rings. The lowest BCUT2D eigenvalue weighted by molar-refractivity contribution is -0.141. The molecule has 33 heavy (non-hydrogen) atoms. The van der Waals surface area contributed by atoms with Crippen molar-refractivity contribution in [2.24, 2.45) is 0 Å². The van der Waals surface area contributed by atoms with Crippen molar-refractivity contribution in [1.82, 2.24) is 9.78 Å². The fourth-order valence-corrected chi connectivity index (χ4v) is 6.23. The van der Waals surface area contributed by atoms with Crippen LogP contribution in [0, 0.1) is 0 Å². The Morgan fingerprint density at radius 3 is 2.21 bits per heavy atom. The quantitative estimate of drug-likeness (QED) is 0.242. The second-order valence-electron chi connectivity index (χ2n) is 6.95. The standard InChI is InChI=1S/C21H12BrCl2F3N2O2S2/c1-33(30,31)12-5-2-4-11(10-12)15-8-9-16(32-15)19-17(22)20(21(25,26)27)28-29(19)18-13(23)6-3-7-14(18)24/h2-10H,1H3. The highest BCUT2D eigenvalue weighted by atomic mass is 79.9. The summed E-state index contributed by atoms with van der Waals surface area (Å²) in [6, 6.07) is 14.3. The zero-order valence-electron chi connectivity index (χ0n) is 16.5. The number of para-hydroxylation sites is 1. The van der Waals surface area contributed by atoms with E-state index >= 15 is 0 Å². The minimum Gasteiger partial charge on any atom is -0.227 e. The number of sulfone groups is 1. The van der Waals surface area contributed by atoms with E-state index in [9.17, 15) is 21.6 Å². The van der Waals surface area contributed by atoms with Crippen LogP contribution in [0.3, 0.4) is 0 Å². The summed E-state index contributed by atoms with van der Waals surface area (Å²) in [6.07, 6.45) is -3.62. The zero-order chi connectivity index (χ0) is 24.1. The fraction of sp³-hybridized carbons (Fsp3) is 0.0952. The molecule has 0 aliphatic heterocycles. The topological polar surface area (TPSA) is 52.0 Å². The van der Waals surface area contributed by atoms with Crippen LogP contribution in [0.2, 0.25) is 10.0 Å². The van der Waals surface area contributed by atoms with Crippen molar-refractivity contribution >= 4 is 60.3 Å². The van der Waals surface area contributed by atoms with Gasteiger partial charge in [-0.3, -0.25) is 0 Å². The SMILES string of the molecule is CS(=O)(=O)c1cccc(-c2ccc(-c3c(Br)c(C(F)(F)F)nn3-c3c(Cl)cccc3Cl)s2)c1. The summed E-state index contributed by atoms with van der Waals surface area (Å²) in [5, 5.41) is 4.04. The van der Waals surface area contributed by atoms with E-state index in [-0.39, 0.29) is 30.8 Å². The molecule has 0 saturated carbocycles. The molecule has 0 atom stereocenters. The number of halogens is 6. The molecule has 2 aromatic carbocycles. The predicted octanol–water partition coefficient (Wildman–Crippen LogP) is 7.76. The molecule has 2 aromatic heterocycles. The summed E-state index contributed by atoms with van der Waals surface area (Å²) in [5.74, 6) is 0. The van der Waals surface area contributed by atoms with E-state index < -0.39 is 21.7 Å². The highest BCUT2D eigenvalue weighted by molar-refractivity contribution is 9.10. The van der Waals surface area contributed by atoms with Crippen molar-refractivity contribution in [1.29, 1.82) is 0 Å². The molecule has 0 aliphatic carbocycles. The summed E-state index contributed by atoms with van der Waals surface area (Å²) < 4.78 is 65.6. The van der Waals surface area contributed by atoms with E-state index in [0.717, 1.165) is 10.9 Å². The smallest absolute Gasteiger partial charge is 0.227 e. The predicted molar refractivity (Wildman–Crippen MR) is 128 cm³/mol. The molecule has 0 radical (unpaired) electrons. The molecule has 0 spiro atoms. The third-order valence-electron chi connectivity index (χ3n) is 4.63. The van der Waals surface area contributed by atoms with Crippen LogP contribution in [0.1, 0.15) is 5.69 Å². The van der Waals surface area contributed by atoms with Gasteiger partial charge in [0.15, 0.2) is 15.5 Å². The molecule has 0 bridgehead atoms. The summed E-state index contributed by atoms with van der Waals surface area (Å²) >= 11 is 16.8. The summed E-state index contributed by atoms with van der Waals surface area (Å²) in [5.41, 5.74) is -0.278.